The molecule has 0 aliphatic carbocycles. The molecule has 0 N–H and O–H groups in total. The predicted molar refractivity (Wildman–Crippen MR) is 96.2 cm³/mol. The van der Waals surface area contributed by atoms with Crippen LogP contribution in [0.2, 0.25) is 0 Å². The topological polar surface area (TPSA) is 57.2 Å². The summed E-state index contributed by atoms with van der Waals surface area (Å²) in [7, 11) is -4.60. The summed E-state index contributed by atoms with van der Waals surface area (Å²) >= 11 is 0. The van der Waals surface area contributed by atoms with Gasteiger partial charge < -0.3 is 0 Å². The summed E-state index contributed by atoms with van der Waals surface area (Å²) in [6.45, 7) is -3.71. The minimum Gasteiger partial charge on any atom is 1.00 e. The van der Waals surface area contributed by atoms with Crippen LogP contribution in [0, 0.1) is 0 Å². The summed E-state index contributed by atoms with van der Waals surface area (Å²) in [5.41, 5.74) is 0. The molecule has 6 heteroatoms. The Morgan fingerprint density at radius 1 is 0.583 bits per heavy atom. The summed E-state index contributed by atoms with van der Waals surface area (Å²) in [4.78, 5) is 0. The van der Waals surface area contributed by atoms with Gasteiger partial charge in [0.25, 0.3) is 0 Å². The fourth-order valence-corrected chi connectivity index (χ4v) is 10.6. The maximum atomic E-state index is 12.6. The first-order valence-electron chi connectivity index (χ1n) is 7.19. The SMILES string of the molecule is O=S(=O)([O-])[PH](c1ccccc1)(c1ccccc1)c1ccccc1.[Na+]. The Bertz CT molecular complexity index is 789. The Labute approximate surface area is 164 Å². The van der Waals surface area contributed by atoms with Crippen LogP contribution in [0.5, 0.6) is 0 Å². The molecular formula is C18H16NaO3PS. The molecule has 0 heterocycles. The molecule has 0 aliphatic rings. The van der Waals surface area contributed by atoms with E-state index in [0.29, 0.717) is 15.9 Å². The number of rotatable bonds is 4. The van der Waals surface area contributed by atoms with E-state index in [1.165, 1.54) is 0 Å². The van der Waals surface area contributed by atoms with E-state index in [0.717, 1.165) is 0 Å². The summed E-state index contributed by atoms with van der Waals surface area (Å²) < 4.78 is 37.7. The molecule has 3 aromatic rings. The Kier molecular flexibility index (Phi) is 6.38. The van der Waals surface area contributed by atoms with E-state index in [2.05, 4.69) is 0 Å². The molecule has 0 saturated heterocycles. The van der Waals surface area contributed by atoms with Crippen LogP contribution in [-0.2, 0) is 9.74 Å². The van der Waals surface area contributed by atoms with Crippen LogP contribution in [0.15, 0.2) is 91.0 Å². The average Bonchev–Trinajstić information content (AvgIpc) is 2.57. The van der Waals surface area contributed by atoms with Crippen LogP contribution in [0.4, 0.5) is 0 Å². The van der Waals surface area contributed by atoms with Gasteiger partial charge in [0.2, 0.25) is 0 Å². The van der Waals surface area contributed by atoms with Gasteiger partial charge in [-0.15, -0.1) is 0 Å². The first-order chi connectivity index (χ1) is 11.1. The van der Waals surface area contributed by atoms with Crippen molar-refractivity contribution in [2.75, 3.05) is 0 Å². The van der Waals surface area contributed by atoms with E-state index in [4.69, 9.17) is 0 Å². The number of hydrogen-bond donors (Lipinski definition) is 0. The molecule has 3 aromatic carbocycles. The fourth-order valence-electron chi connectivity index (χ4n) is 2.95. The molecule has 118 valence electrons. The van der Waals surface area contributed by atoms with Gasteiger partial charge in [0.15, 0.2) is 0 Å². The van der Waals surface area contributed by atoms with Gasteiger partial charge in [-0.1, -0.05) is 0 Å². The molecule has 3 rings (SSSR count). The normalized spacial score (nSPS) is 12.2. The van der Waals surface area contributed by atoms with Crippen molar-refractivity contribution in [1.82, 2.24) is 0 Å². The van der Waals surface area contributed by atoms with E-state index in [9.17, 15) is 13.0 Å². The molecule has 0 radical (unpaired) electrons. The second-order valence-electron chi connectivity index (χ2n) is 5.23. The zero-order valence-corrected chi connectivity index (χ0v) is 17.1. The average molecular weight is 366 g/mol. The van der Waals surface area contributed by atoms with Crippen molar-refractivity contribution in [1.29, 1.82) is 0 Å². The first-order valence-corrected chi connectivity index (χ1v) is 11.3. The number of hydrogen-bond acceptors (Lipinski definition) is 3. The first kappa shape index (κ1) is 19.3. The van der Waals surface area contributed by atoms with E-state index < -0.39 is 16.2 Å². The molecule has 0 fully saturated rings. The second-order valence-corrected chi connectivity index (χ2v) is 12.6. The van der Waals surface area contributed by atoms with Gasteiger partial charge in [-0.05, 0) is 0 Å². The summed E-state index contributed by atoms with van der Waals surface area (Å²) in [6.07, 6.45) is 0. The fraction of sp³-hybridized carbons (Fsp3) is 0. The molecule has 0 bridgehead atoms. The standard InChI is InChI=1S/C18H17O3PS.Na/c19-23(20,21)22(16-10-4-1-5-11-16,17-12-6-2-7-13-17)18-14-8-3-9-15-18;/h1-15,22H,(H,19,20,21);/q;+1/p-1. The molecule has 0 aromatic heterocycles. The van der Waals surface area contributed by atoms with Crippen LogP contribution in [0.3, 0.4) is 0 Å². The van der Waals surface area contributed by atoms with Crippen LogP contribution < -0.4 is 45.5 Å². The van der Waals surface area contributed by atoms with E-state index in [1.54, 1.807) is 72.8 Å². The van der Waals surface area contributed by atoms with Gasteiger partial charge in [0.05, 0.1) is 0 Å². The van der Waals surface area contributed by atoms with Gasteiger partial charge in [-0.2, -0.15) is 0 Å². The Morgan fingerprint density at radius 2 is 0.833 bits per heavy atom. The third-order valence-electron chi connectivity index (χ3n) is 3.92. The monoisotopic (exact) mass is 366 g/mol. The molecule has 0 unspecified atom stereocenters. The van der Waals surface area contributed by atoms with E-state index >= 15 is 0 Å². The minimum atomic E-state index is -4.60. The molecule has 0 aliphatic heterocycles. The largest absolute Gasteiger partial charge is 1.00 e. The van der Waals surface area contributed by atoms with Crippen molar-refractivity contribution >= 4 is 32.1 Å². The quantitative estimate of drug-likeness (QED) is 0.344. The Hall–Kier alpha value is -1.000. The van der Waals surface area contributed by atoms with Crippen molar-refractivity contribution < 1.29 is 42.5 Å². The van der Waals surface area contributed by atoms with E-state index in [-0.39, 0.29) is 29.6 Å². The third kappa shape index (κ3) is 3.36. The molecule has 24 heavy (non-hydrogen) atoms. The van der Waals surface area contributed by atoms with Crippen molar-refractivity contribution in [3.05, 3.63) is 91.0 Å². The molecule has 0 atom stereocenters. The third-order valence-corrected chi connectivity index (χ3v) is 12.5. The van der Waals surface area contributed by atoms with Crippen LogP contribution in [0.1, 0.15) is 0 Å². The summed E-state index contributed by atoms with van der Waals surface area (Å²) in [6, 6.07) is 26.5. The van der Waals surface area contributed by atoms with Crippen molar-refractivity contribution in [3.8, 4) is 0 Å². The molecule has 0 amide bonds. The van der Waals surface area contributed by atoms with Gasteiger partial charge >= 0.3 is 166 Å². The molecule has 0 saturated carbocycles. The van der Waals surface area contributed by atoms with Gasteiger partial charge in [0, 0.05) is 0 Å². The Morgan fingerprint density at radius 3 is 1.04 bits per heavy atom. The smallest absolute Gasteiger partial charge is 1.00 e. The maximum absolute atomic E-state index is 12.6. The molecular weight excluding hydrogens is 350 g/mol. The van der Waals surface area contributed by atoms with Crippen LogP contribution >= 0.6 is 6.46 Å². The predicted octanol–water partition coefficient (Wildman–Crippen LogP) is -0.823. The summed E-state index contributed by atoms with van der Waals surface area (Å²) in [5, 5.41) is 1.73. The van der Waals surface area contributed by atoms with Crippen LogP contribution in [0.25, 0.3) is 0 Å². The van der Waals surface area contributed by atoms with Gasteiger partial charge in [0.1, 0.15) is 0 Å². The number of benzene rings is 3. The van der Waals surface area contributed by atoms with Crippen molar-refractivity contribution in [3.63, 3.8) is 0 Å². The van der Waals surface area contributed by atoms with Crippen LogP contribution in [-0.4, -0.2) is 13.0 Å². The van der Waals surface area contributed by atoms with Gasteiger partial charge in [-0.25, -0.2) is 0 Å². The minimum absolute atomic E-state index is 0. The van der Waals surface area contributed by atoms with Gasteiger partial charge in [-0.3, -0.25) is 0 Å². The maximum Gasteiger partial charge on any atom is 1.00 e. The Balaban J connectivity index is 0.00000208. The summed E-state index contributed by atoms with van der Waals surface area (Å²) in [5.74, 6) is 0. The molecule has 3 nitrogen and oxygen atoms in total. The zero-order valence-electron chi connectivity index (χ0n) is 13.3. The van der Waals surface area contributed by atoms with Crippen molar-refractivity contribution in [2.24, 2.45) is 0 Å². The zero-order chi connectivity index (χ0) is 16.3. The second kappa shape index (κ2) is 7.92. The molecule has 0 spiro atoms. The van der Waals surface area contributed by atoms with E-state index in [1.807, 2.05) is 18.2 Å². The van der Waals surface area contributed by atoms with Crippen molar-refractivity contribution in [2.45, 2.75) is 0 Å².